The zero-order valence-electron chi connectivity index (χ0n) is 16.6. The van der Waals surface area contributed by atoms with Crippen LogP contribution in [-0.2, 0) is 20.6 Å². The smallest absolute Gasteiger partial charge is 0.238 e. The molecule has 1 heterocycles. The minimum Gasteiger partial charge on any atom is -0.494 e. The lowest BCUT2D eigenvalue weighted by atomic mass is 10.2. The van der Waals surface area contributed by atoms with Crippen LogP contribution < -0.4 is 10.1 Å². The summed E-state index contributed by atoms with van der Waals surface area (Å²) < 4.78 is 32.1. The van der Waals surface area contributed by atoms with Crippen molar-refractivity contribution in [1.29, 1.82) is 0 Å². The van der Waals surface area contributed by atoms with Crippen LogP contribution in [0.25, 0.3) is 0 Å². The molecule has 0 saturated carbocycles. The van der Waals surface area contributed by atoms with Crippen LogP contribution in [0.15, 0.2) is 54.6 Å². The molecule has 3 rings (SSSR count). The molecule has 7 nitrogen and oxygen atoms in total. The van der Waals surface area contributed by atoms with Crippen molar-refractivity contribution < 1.29 is 17.9 Å². The van der Waals surface area contributed by atoms with Crippen LogP contribution in [0.5, 0.6) is 5.75 Å². The van der Waals surface area contributed by atoms with Crippen LogP contribution in [0.4, 0.5) is 5.69 Å². The summed E-state index contributed by atoms with van der Waals surface area (Å²) in [6.45, 7) is 4.60. The van der Waals surface area contributed by atoms with Crippen molar-refractivity contribution in [1.82, 2.24) is 9.21 Å². The fourth-order valence-electron chi connectivity index (χ4n) is 3.25. The van der Waals surface area contributed by atoms with Gasteiger partial charge in [0, 0.05) is 31.9 Å². The second-order valence-corrected chi connectivity index (χ2v) is 8.89. The lowest BCUT2D eigenvalue weighted by molar-refractivity contribution is -0.117. The molecule has 0 bridgehead atoms. The first-order chi connectivity index (χ1) is 14.0. The van der Waals surface area contributed by atoms with Crippen molar-refractivity contribution >= 4 is 21.6 Å². The minimum atomic E-state index is -3.35. The number of nitrogens with one attached hydrogen (secondary N) is 1. The highest BCUT2D eigenvalue weighted by Gasteiger charge is 2.27. The maximum absolute atomic E-state index is 12.6. The fraction of sp³-hybridized carbons (Fsp3) is 0.381. The van der Waals surface area contributed by atoms with E-state index in [2.05, 4.69) is 5.32 Å². The predicted octanol–water partition coefficient (Wildman–Crippen LogP) is 2.17. The molecule has 2 aromatic rings. The number of sulfonamides is 1. The van der Waals surface area contributed by atoms with Gasteiger partial charge in [0.1, 0.15) is 5.75 Å². The average Bonchev–Trinajstić information content (AvgIpc) is 2.70. The highest BCUT2D eigenvalue weighted by Crippen LogP contribution is 2.16. The van der Waals surface area contributed by atoms with Gasteiger partial charge in [0.15, 0.2) is 0 Å². The Hall–Kier alpha value is -2.42. The predicted molar refractivity (Wildman–Crippen MR) is 113 cm³/mol. The Kier molecular flexibility index (Phi) is 7.24. The average molecular weight is 418 g/mol. The van der Waals surface area contributed by atoms with Gasteiger partial charge in [0.25, 0.3) is 0 Å². The first-order valence-electron chi connectivity index (χ1n) is 9.73. The Morgan fingerprint density at radius 1 is 1.00 bits per heavy atom. The van der Waals surface area contributed by atoms with Crippen LogP contribution >= 0.6 is 0 Å². The number of carbonyl (C=O) groups is 1. The van der Waals surface area contributed by atoms with Crippen LogP contribution in [0.2, 0.25) is 0 Å². The van der Waals surface area contributed by atoms with Crippen molar-refractivity contribution in [3.63, 3.8) is 0 Å². The Morgan fingerprint density at radius 3 is 2.28 bits per heavy atom. The van der Waals surface area contributed by atoms with Gasteiger partial charge in [-0.25, -0.2) is 8.42 Å². The largest absolute Gasteiger partial charge is 0.494 e. The second kappa shape index (κ2) is 9.87. The van der Waals surface area contributed by atoms with Crippen LogP contribution in [0.1, 0.15) is 12.5 Å². The van der Waals surface area contributed by atoms with E-state index in [4.69, 9.17) is 4.74 Å². The zero-order chi connectivity index (χ0) is 20.7. The van der Waals surface area contributed by atoms with Gasteiger partial charge in [-0.1, -0.05) is 30.3 Å². The molecular formula is C21H27N3O4S. The number of hydrogen-bond donors (Lipinski definition) is 1. The molecule has 0 radical (unpaired) electrons. The van der Waals surface area contributed by atoms with Gasteiger partial charge in [0.2, 0.25) is 15.9 Å². The monoisotopic (exact) mass is 417 g/mol. The van der Waals surface area contributed by atoms with Gasteiger partial charge in [-0.05, 0) is 36.8 Å². The molecule has 0 atom stereocenters. The molecule has 156 valence electrons. The molecule has 1 amide bonds. The van der Waals surface area contributed by atoms with E-state index in [1.807, 2.05) is 54.3 Å². The summed E-state index contributed by atoms with van der Waals surface area (Å²) in [7, 11) is -3.35. The van der Waals surface area contributed by atoms with Gasteiger partial charge in [-0.15, -0.1) is 0 Å². The molecule has 1 aliphatic rings. The Balaban J connectivity index is 1.46. The van der Waals surface area contributed by atoms with Crippen molar-refractivity contribution in [2.45, 2.75) is 12.7 Å². The molecule has 1 fully saturated rings. The van der Waals surface area contributed by atoms with Crippen molar-refractivity contribution in [3.8, 4) is 5.75 Å². The second-order valence-electron chi connectivity index (χ2n) is 6.92. The molecule has 0 spiro atoms. The van der Waals surface area contributed by atoms with Crippen molar-refractivity contribution in [2.24, 2.45) is 0 Å². The topological polar surface area (TPSA) is 79.0 Å². The summed E-state index contributed by atoms with van der Waals surface area (Å²) in [6, 6.07) is 16.4. The normalized spacial score (nSPS) is 15.8. The fourth-order valence-corrected chi connectivity index (χ4v) is 4.76. The van der Waals surface area contributed by atoms with Gasteiger partial charge >= 0.3 is 0 Å². The van der Waals surface area contributed by atoms with E-state index in [0.29, 0.717) is 38.5 Å². The quantitative estimate of drug-likeness (QED) is 0.712. The molecule has 1 N–H and O–H groups in total. The Labute approximate surface area is 172 Å². The van der Waals surface area contributed by atoms with Crippen LogP contribution in [0.3, 0.4) is 0 Å². The summed E-state index contributed by atoms with van der Waals surface area (Å²) in [5.74, 6) is 0.652. The number of benzene rings is 2. The van der Waals surface area contributed by atoms with E-state index in [1.165, 1.54) is 4.31 Å². The summed E-state index contributed by atoms with van der Waals surface area (Å²) >= 11 is 0. The number of anilines is 1. The third-order valence-corrected chi connectivity index (χ3v) is 6.58. The molecule has 29 heavy (non-hydrogen) atoms. The summed E-state index contributed by atoms with van der Waals surface area (Å²) in [4.78, 5) is 14.3. The Bertz CT molecular complexity index is 893. The summed E-state index contributed by atoms with van der Waals surface area (Å²) in [5.41, 5.74) is 1.49. The molecule has 2 aromatic carbocycles. The molecule has 1 saturated heterocycles. The van der Waals surface area contributed by atoms with E-state index in [0.717, 1.165) is 11.3 Å². The van der Waals surface area contributed by atoms with Crippen LogP contribution in [0, 0.1) is 0 Å². The zero-order valence-corrected chi connectivity index (χ0v) is 17.4. The van der Waals surface area contributed by atoms with E-state index >= 15 is 0 Å². The molecule has 0 aliphatic carbocycles. The van der Waals surface area contributed by atoms with E-state index in [1.54, 1.807) is 12.1 Å². The number of amides is 1. The standard InChI is InChI=1S/C21H27N3O4S/c1-2-28-20-10-8-19(9-11-20)22-21(25)16-23-12-14-24(15-13-23)29(26,27)17-18-6-4-3-5-7-18/h3-11H,2,12-17H2,1H3,(H,22,25). The van der Waals surface area contributed by atoms with Crippen molar-refractivity contribution in [2.75, 3.05) is 44.6 Å². The molecule has 8 heteroatoms. The maximum Gasteiger partial charge on any atom is 0.238 e. The van der Waals surface area contributed by atoms with E-state index in [9.17, 15) is 13.2 Å². The minimum absolute atomic E-state index is 0.00602. The highest BCUT2D eigenvalue weighted by molar-refractivity contribution is 7.88. The van der Waals surface area contributed by atoms with Gasteiger partial charge in [-0.3, -0.25) is 9.69 Å². The van der Waals surface area contributed by atoms with E-state index in [-0.39, 0.29) is 18.2 Å². The highest BCUT2D eigenvalue weighted by atomic mass is 32.2. The number of ether oxygens (including phenoxy) is 1. The summed E-state index contributed by atoms with van der Waals surface area (Å²) in [6.07, 6.45) is 0. The first-order valence-corrected chi connectivity index (χ1v) is 11.3. The third-order valence-electron chi connectivity index (χ3n) is 4.73. The third kappa shape index (κ3) is 6.28. The molecule has 0 aromatic heterocycles. The number of carbonyl (C=O) groups excluding carboxylic acids is 1. The van der Waals surface area contributed by atoms with Crippen molar-refractivity contribution in [3.05, 3.63) is 60.2 Å². The van der Waals surface area contributed by atoms with E-state index < -0.39 is 10.0 Å². The number of rotatable bonds is 8. The number of hydrogen-bond acceptors (Lipinski definition) is 5. The number of nitrogens with zero attached hydrogens (tertiary/aromatic N) is 2. The first kappa shape index (κ1) is 21.3. The van der Waals surface area contributed by atoms with Gasteiger partial charge in [0.05, 0.1) is 18.9 Å². The molecule has 0 unspecified atom stereocenters. The number of piperazine rings is 1. The Morgan fingerprint density at radius 2 is 1.66 bits per heavy atom. The lowest BCUT2D eigenvalue weighted by Gasteiger charge is -2.33. The lowest BCUT2D eigenvalue weighted by Crippen LogP contribution is -2.50. The SMILES string of the molecule is CCOc1ccc(NC(=O)CN2CCN(S(=O)(=O)Cc3ccccc3)CC2)cc1. The maximum atomic E-state index is 12.6. The van der Waals surface area contributed by atoms with Gasteiger partial charge in [-0.2, -0.15) is 4.31 Å². The van der Waals surface area contributed by atoms with Gasteiger partial charge < -0.3 is 10.1 Å². The molecule has 1 aliphatic heterocycles. The van der Waals surface area contributed by atoms with Crippen LogP contribution in [-0.4, -0.2) is 62.9 Å². The molecular weight excluding hydrogens is 390 g/mol. The summed E-state index contributed by atoms with van der Waals surface area (Å²) in [5, 5.41) is 2.86.